The zero-order valence-corrected chi connectivity index (χ0v) is 21.1. The van der Waals surface area contributed by atoms with Crippen molar-refractivity contribution >= 4 is 47.0 Å². The molecule has 3 aromatic rings. The molecule has 1 N–H and O–H groups in total. The highest BCUT2D eigenvalue weighted by atomic mass is 32.2. The number of nitrogens with one attached hydrogen (secondary N) is 1. The summed E-state index contributed by atoms with van der Waals surface area (Å²) in [5.74, 6) is 2.28. The van der Waals surface area contributed by atoms with Crippen molar-refractivity contribution in [2.24, 2.45) is 5.10 Å². The van der Waals surface area contributed by atoms with E-state index in [1.54, 1.807) is 23.9 Å². The molecule has 8 nitrogen and oxygen atoms in total. The summed E-state index contributed by atoms with van der Waals surface area (Å²) < 4.78 is 17.5. The first-order valence-electron chi connectivity index (χ1n) is 9.79. The molecule has 1 amide bonds. The molecule has 0 saturated heterocycles. The van der Waals surface area contributed by atoms with Crippen LogP contribution in [0, 0.1) is 6.92 Å². The summed E-state index contributed by atoms with van der Waals surface area (Å²) in [4.78, 5) is 12.1. The van der Waals surface area contributed by atoms with E-state index in [4.69, 9.17) is 14.2 Å². The minimum atomic E-state index is -0.243. The molecule has 0 radical (unpaired) electrons. The van der Waals surface area contributed by atoms with Crippen molar-refractivity contribution in [3.05, 3.63) is 53.1 Å². The Hall–Kier alpha value is -2.76. The van der Waals surface area contributed by atoms with Crippen LogP contribution in [0.15, 0.2) is 50.2 Å². The van der Waals surface area contributed by atoms with Gasteiger partial charge < -0.3 is 14.2 Å². The molecule has 0 bridgehead atoms. The van der Waals surface area contributed by atoms with Gasteiger partial charge in [-0.1, -0.05) is 64.7 Å². The Morgan fingerprint density at radius 2 is 1.67 bits per heavy atom. The van der Waals surface area contributed by atoms with Crippen LogP contribution >= 0.6 is 34.9 Å². The Balaban J connectivity index is 1.47. The Labute approximate surface area is 205 Å². The number of carbonyl (C=O) groups is 1. The molecule has 0 unspecified atom stereocenters. The standard InChI is InChI=1S/C22H24N4O4S3/c1-14-5-7-15(8-6-14)12-31-21-25-26-22(33-21)32-13-19(27)24-23-11-16-9-17(28-2)20(30-4)18(10-16)29-3/h5-11H,12-13H2,1-4H3,(H,24,27)/b23-11+. The number of hydrogen-bond donors (Lipinski definition) is 1. The minimum Gasteiger partial charge on any atom is -0.493 e. The lowest BCUT2D eigenvalue weighted by molar-refractivity contribution is -0.118. The molecule has 1 aromatic heterocycles. The van der Waals surface area contributed by atoms with Gasteiger partial charge in [-0.2, -0.15) is 5.10 Å². The van der Waals surface area contributed by atoms with Gasteiger partial charge in [0.25, 0.3) is 5.91 Å². The van der Waals surface area contributed by atoms with Crippen LogP contribution in [0.5, 0.6) is 17.2 Å². The third kappa shape index (κ3) is 7.37. The Kier molecular flexibility index (Phi) is 9.40. The third-order valence-corrected chi connectivity index (χ3v) is 7.55. The number of rotatable bonds is 11. The summed E-state index contributed by atoms with van der Waals surface area (Å²) in [7, 11) is 4.62. The summed E-state index contributed by atoms with van der Waals surface area (Å²) in [5, 5.41) is 12.3. The molecule has 0 spiro atoms. The fraction of sp³-hybridized carbons (Fsp3) is 0.273. The van der Waals surface area contributed by atoms with E-state index < -0.39 is 0 Å². The number of hydrazone groups is 1. The lowest BCUT2D eigenvalue weighted by Crippen LogP contribution is -2.19. The lowest BCUT2D eigenvalue weighted by Gasteiger charge is -2.12. The minimum absolute atomic E-state index is 0.184. The van der Waals surface area contributed by atoms with Crippen LogP contribution in [0.25, 0.3) is 0 Å². The first kappa shape index (κ1) is 24.9. The summed E-state index contributed by atoms with van der Waals surface area (Å²) in [5.41, 5.74) is 5.68. The van der Waals surface area contributed by atoms with E-state index in [9.17, 15) is 4.79 Å². The fourth-order valence-corrected chi connectivity index (χ4v) is 5.43. The topological polar surface area (TPSA) is 94.9 Å². The maximum absolute atomic E-state index is 12.1. The molecule has 33 heavy (non-hydrogen) atoms. The van der Waals surface area contributed by atoms with Gasteiger partial charge >= 0.3 is 0 Å². The molecule has 11 heteroatoms. The summed E-state index contributed by atoms with van der Waals surface area (Å²) >= 11 is 4.43. The van der Waals surface area contributed by atoms with Crippen molar-refractivity contribution in [1.29, 1.82) is 0 Å². The van der Waals surface area contributed by atoms with Crippen molar-refractivity contribution in [3.8, 4) is 17.2 Å². The van der Waals surface area contributed by atoms with E-state index in [1.807, 2.05) is 0 Å². The van der Waals surface area contributed by atoms with Crippen molar-refractivity contribution in [2.45, 2.75) is 21.4 Å². The van der Waals surface area contributed by atoms with E-state index in [1.165, 1.54) is 61.8 Å². The van der Waals surface area contributed by atoms with Crippen molar-refractivity contribution in [3.63, 3.8) is 0 Å². The molecule has 0 aliphatic carbocycles. The highest BCUT2D eigenvalue weighted by Crippen LogP contribution is 2.37. The van der Waals surface area contributed by atoms with Gasteiger partial charge in [0.2, 0.25) is 5.75 Å². The fourth-order valence-electron chi connectivity index (χ4n) is 2.66. The van der Waals surface area contributed by atoms with Crippen LogP contribution in [0.2, 0.25) is 0 Å². The Morgan fingerprint density at radius 1 is 1.03 bits per heavy atom. The molecule has 0 fully saturated rings. The Morgan fingerprint density at radius 3 is 2.27 bits per heavy atom. The van der Waals surface area contributed by atoms with Gasteiger partial charge in [0, 0.05) is 11.3 Å². The molecule has 0 aliphatic heterocycles. The monoisotopic (exact) mass is 504 g/mol. The highest BCUT2D eigenvalue weighted by molar-refractivity contribution is 8.03. The Bertz CT molecular complexity index is 1080. The van der Waals surface area contributed by atoms with Gasteiger partial charge in [0.05, 0.1) is 33.3 Å². The van der Waals surface area contributed by atoms with Crippen molar-refractivity contribution in [2.75, 3.05) is 27.1 Å². The molecule has 0 atom stereocenters. The smallest absolute Gasteiger partial charge is 0.250 e. The number of hydrogen-bond acceptors (Lipinski definition) is 10. The van der Waals surface area contributed by atoms with E-state index in [0.29, 0.717) is 22.8 Å². The maximum atomic E-state index is 12.1. The number of carbonyl (C=O) groups excluding carboxylic acids is 1. The zero-order chi connectivity index (χ0) is 23.6. The quantitative estimate of drug-likeness (QED) is 0.233. The van der Waals surface area contributed by atoms with Crippen LogP contribution in [-0.4, -0.2) is 49.4 Å². The summed E-state index contributed by atoms with van der Waals surface area (Å²) in [6.45, 7) is 2.07. The average Bonchev–Trinajstić information content (AvgIpc) is 3.29. The first-order chi connectivity index (χ1) is 16.0. The molecule has 1 heterocycles. The number of nitrogens with zero attached hydrogens (tertiary/aromatic N) is 3. The number of thioether (sulfide) groups is 2. The van der Waals surface area contributed by atoms with Crippen LogP contribution in [0.1, 0.15) is 16.7 Å². The second-order valence-electron chi connectivity index (χ2n) is 6.65. The van der Waals surface area contributed by atoms with E-state index in [2.05, 4.69) is 51.9 Å². The van der Waals surface area contributed by atoms with Gasteiger partial charge in [-0.15, -0.1) is 10.2 Å². The average molecular weight is 505 g/mol. The number of amides is 1. The summed E-state index contributed by atoms with van der Waals surface area (Å²) in [6, 6.07) is 11.9. The second-order valence-corrected chi connectivity index (χ2v) is 10.1. The van der Waals surface area contributed by atoms with Gasteiger partial charge in [-0.25, -0.2) is 5.43 Å². The second kappa shape index (κ2) is 12.5. The molecule has 2 aromatic carbocycles. The molecule has 174 valence electrons. The van der Waals surface area contributed by atoms with Crippen LogP contribution in [0.3, 0.4) is 0 Å². The van der Waals surface area contributed by atoms with Gasteiger partial charge in [0.1, 0.15) is 0 Å². The largest absolute Gasteiger partial charge is 0.493 e. The number of aryl methyl sites for hydroxylation is 1. The van der Waals surface area contributed by atoms with E-state index in [-0.39, 0.29) is 11.7 Å². The van der Waals surface area contributed by atoms with E-state index >= 15 is 0 Å². The first-order valence-corrected chi connectivity index (χ1v) is 12.6. The third-order valence-electron chi connectivity index (χ3n) is 4.29. The lowest BCUT2D eigenvalue weighted by atomic mass is 10.2. The SMILES string of the molecule is COc1cc(/C=N/NC(=O)CSc2nnc(SCc3ccc(C)cc3)s2)cc(OC)c1OC. The normalized spacial score (nSPS) is 10.9. The number of aromatic nitrogens is 2. The predicted molar refractivity (Wildman–Crippen MR) is 133 cm³/mol. The van der Waals surface area contributed by atoms with Gasteiger partial charge in [0.15, 0.2) is 20.2 Å². The van der Waals surface area contributed by atoms with E-state index in [0.717, 1.165) is 14.4 Å². The van der Waals surface area contributed by atoms with Crippen molar-refractivity contribution in [1.82, 2.24) is 15.6 Å². The molecular weight excluding hydrogens is 480 g/mol. The number of methoxy groups -OCH3 is 3. The highest BCUT2D eigenvalue weighted by Gasteiger charge is 2.12. The predicted octanol–water partition coefficient (Wildman–Crippen LogP) is 4.41. The number of ether oxygens (including phenoxy) is 3. The molecule has 0 saturated carbocycles. The van der Waals surface area contributed by atoms with Gasteiger partial charge in [-0.05, 0) is 24.6 Å². The molecule has 0 aliphatic rings. The molecule has 3 rings (SSSR count). The number of benzene rings is 2. The van der Waals surface area contributed by atoms with Crippen LogP contribution < -0.4 is 19.6 Å². The maximum Gasteiger partial charge on any atom is 0.250 e. The van der Waals surface area contributed by atoms with Crippen LogP contribution in [-0.2, 0) is 10.5 Å². The van der Waals surface area contributed by atoms with Crippen LogP contribution in [0.4, 0.5) is 0 Å². The summed E-state index contributed by atoms with van der Waals surface area (Å²) in [6.07, 6.45) is 1.51. The van der Waals surface area contributed by atoms with Crippen molar-refractivity contribution < 1.29 is 19.0 Å². The molecular formula is C22H24N4O4S3. The van der Waals surface area contributed by atoms with Gasteiger partial charge in [-0.3, -0.25) is 4.79 Å². The zero-order valence-electron chi connectivity index (χ0n) is 18.7.